The minimum Gasteiger partial charge on any atom is -0.490 e. The Bertz CT molecular complexity index is 769. The quantitative estimate of drug-likeness (QED) is 0.675. The fourth-order valence-corrected chi connectivity index (χ4v) is 2.66. The number of halogens is 2. The van der Waals surface area contributed by atoms with Crippen molar-refractivity contribution in [3.05, 3.63) is 53.6 Å². The van der Waals surface area contributed by atoms with Crippen LogP contribution in [0.3, 0.4) is 0 Å². The van der Waals surface area contributed by atoms with Gasteiger partial charge in [-0.25, -0.2) is 0 Å². The van der Waals surface area contributed by atoms with Crippen LogP contribution in [0.1, 0.15) is 37.9 Å². The van der Waals surface area contributed by atoms with Crippen molar-refractivity contribution < 1.29 is 23.0 Å². The predicted molar refractivity (Wildman–Crippen MR) is 100 cm³/mol. The van der Waals surface area contributed by atoms with Crippen LogP contribution >= 0.6 is 0 Å². The molecule has 1 unspecified atom stereocenters. The lowest BCUT2D eigenvalue weighted by molar-refractivity contribution is -0.114. The van der Waals surface area contributed by atoms with E-state index in [0.29, 0.717) is 24.4 Å². The monoisotopic (exact) mass is 378 g/mol. The molecule has 5 nitrogen and oxygen atoms in total. The SMILES string of the molecule is CCOc1cccc(CNC(C)c2cccc(NC(C)=O)c2)c1OC(F)F. The Hall–Kier alpha value is -2.67. The van der Waals surface area contributed by atoms with Crippen molar-refractivity contribution in [2.75, 3.05) is 11.9 Å². The van der Waals surface area contributed by atoms with Crippen LogP contribution in [0.5, 0.6) is 11.5 Å². The number of amides is 1. The van der Waals surface area contributed by atoms with Gasteiger partial charge in [0.2, 0.25) is 5.91 Å². The number of hydrogen-bond acceptors (Lipinski definition) is 4. The molecule has 0 spiro atoms. The van der Waals surface area contributed by atoms with E-state index in [-0.39, 0.29) is 23.4 Å². The maximum atomic E-state index is 12.8. The summed E-state index contributed by atoms with van der Waals surface area (Å²) in [7, 11) is 0. The number of anilines is 1. The molecule has 7 heteroatoms. The number of hydrogen-bond donors (Lipinski definition) is 2. The van der Waals surface area contributed by atoms with Gasteiger partial charge in [-0.1, -0.05) is 24.3 Å². The van der Waals surface area contributed by atoms with E-state index in [1.54, 1.807) is 31.2 Å². The molecular weight excluding hydrogens is 354 g/mol. The molecule has 2 aromatic carbocycles. The lowest BCUT2D eigenvalue weighted by Gasteiger charge is -2.19. The van der Waals surface area contributed by atoms with Gasteiger partial charge in [0.15, 0.2) is 11.5 Å². The summed E-state index contributed by atoms with van der Waals surface area (Å²) in [5.41, 5.74) is 2.23. The van der Waals surface area contributed by atoms with Crippen molar-refractivity contribution in [1.82, 2.24) is 5.32 Å². The highest BCUT2D eigenvalue weighted by atomic mass is 19.3. The summed E-state index contributed by atoms with van der Waals surface area (Å²) < 4.78 is 35.7. The van der Waals surface area contributed by atoms with Crippen molar-refractivity contribution >= 4 is 11.6 Å². The van der Waals surface area contributed by atoms with Crippen molar-refractivity contribution in [3.8, 4) is 11.5 Å². The third-order valence-electron chi connectivity index (χ3n) is 3.87. The first-order chi connectivity index (χ1) is 12.9. The van der Waals surface area contributed by atoms with Crippen LogP contribution < -0.4 is 20.1 Å². The number of alkyl halides is 2. The Balaban J connectivity index is 2.13. The van der Waals surface area contributed by atoms with Gasteiger partial charge in [-0.3, -0.25) is 4.79 Å². The fraction of sp³-hybridized carbons (Fsp3) is 0.350. The number of carbonyl (C=O) groups excluding carboxylic acids is 1. The van der Waals surface area contributed by atoms with Gasteiger partial charge >= 0.3 is 6.61 Å². The summed E-state index contributed by atoms with van der Waals surface area (Å²) >= 11 is 0. The molecule has 0 aromatic heterocycles. The van der Waals surface area contributed by atoms with Gasteiger partial charge < -0.3 is 20.1 Å². The molecule has 0 saturated heterocycles. The summed E-state index contributed by atoms with van der Waals surface area (Å²) in [6, 6.07) is 12.4. The van der Waals surface area contributed by atoms with Crippen LogP contribution in [0.4, 0.5) is 14.5 Å². The first-order valence-corrected chi connectivity index (χ1v) is 8.71. The molecule has 0 radical (unpaired) electrons. The summed E-state index contributed by atoms with van der Waals surface area (Å²) in [6.45, 7) is 2.91. The minimum absolute atomic E-state index is 0.0426. The van der Waals surface area contributed by atoms with Gasteiger partial charge in [0.05, 0.1) is 6.61 Å². The second-order valence-corrected chi connectivity index (χ2v) is 5.97. The maximum Gasteiger partial charge on any atom is 0.387 e. The van der Waals surface area contributed by atoms with E-state index >= 15 is 0 Å². The van der Waals surface area contributed by atoms with Gasteiger partial charge in [-0.2, -0.15) is 8.78 Å². The third kappa shape index (κ3) is 6.21. The standard InChI is InChI=1S/C20H24F2N2O3/c1-4-26-18-10-6-8-16(19(18)27-20(21)22)12-23-13(2)15-7-5-9-17(11-15)24-14(3)25/h5-11,13,20,23H,4,12H2,1-3H3,(H,24,25). The predicted octanol–water partition coefficient (Wildman–Crippen LogP) is 4.50. The number of carbonyl (C=O) groups is 1. The molecule has 2 rings (SSSR count). The van der Waals surface area contributed by atoms with E-state index in [9.17, 15) is 13.6 Å². The van der Waals surface area contributed by atoms with E-state index in [1.165, 1.54) is 6.92 Å². The number of rotatable bonds is 9. The second kappa shape index (κ2) is 9.87. The minimum atomic E-state index is -2.93. The van der Waals surface area contributed by atoms with Crippen LogP contribution in [-0.2, 0) is 11.3 Å². The van der Waals surface area contributed by atoms with Gasteiger partial charge in [-0.05, 0) is 37.6 Å². The molecule has 0 aliphatic heterocycles. The Morgan fingerprint density at radius 3 is 2.59 bits per heavy atom. The molecule has 0 fully saturated rings. The zero-order valence-electron chi connectivity index (χ0n) is 15.6. The number of nitrogens with one attached hydrogen (secondary N) is 2. The van der Waals surface area contributed by atoms with Crippen LogP contribution in [-0.4, -0.2) is 19.1 Å². The van der Waals surface area contributed by atoms with Crippen LogP contribution in [0, 0.1) is 0 Å². The zero-order valence-corrected chi connectivity index (χ0v) is 15.6. The molecule has 146 valence electrons. The van der Waals surface area contributed by atoms with Crippen LogP contribution in [0.2, 0.25) is 0 Å². The molecule has 0 aliphatic carbocycles. The maximum absolute atomic E-state index is 12.8. The summed E-state index contributed by atoms with van der Waals surface area (Å²) in [5, 5.41) is 6.03. The smallest absolute Gasteiger partial charge is 0.387 e. The van der Waals surface area contributed by atoms with E-state index < -0.39 is 6.61 Å². The molecule has 2 N–H and O–H groups in total. The van der Waals surface area contributed by atoms with Crippen molar-refractivity contribution in [1.29, 1.82) is 0 Å². The van der Waals surface area contributed by atoms with Gasteiger partial charge in [0.1, 0.15) is 0 Å². The molecule has 2 aromatic rings. The normalized spacial score (nSPS) is 11.9. The molecule has 1 atom stereocenters. The summed E-state index contributed by atoms with van der Waals surface area (Å²) in [4.78, 5) is 11.2. The fourth-order valence-electron chi connectivity index (χ4n) is 2.66. The number of benzene rings is 2. The molecule has 0 bridgehead atoms. The Labute approximate surface area is 157 Å². The first-order valence-electron chi connectivity index (χ1n) is 8.71. The summed E-state index contributed by atoms with van der Waals surface area (Å²) in [6.07, 6.45) is 0. The van der Waals surface area contributed by atoms with E-state index in [4.69, 9.17) is 4.74 Å². The van der Waals surface area contributed by atoms with Gasteiger partial charge in [-0.15, -0.1) is 0 Å². The Morgan fingerprint density at radius 2 is 1.93 bits per heavy atom. The largest absolute Gasteiger partial charge is 0.490 e. The Kier molecular flexibility index (Phi) is 7.55. The first kappa shape index (κ1) is 20.6. The summed E-state index contributed by atoms with van der Waals surface area (Å²) in [5.74, 6) is 0.188. The van der Waals surface area contributed by atoms with Gasteiger partial charge in [0, 0.05) is 30.8 Å². The number of ether oxygens (including phenoxy) is 2. The zero-order chi connectivity index (χ0) is 19.8. The highest BCUT2D eigenvalue weighted by Gasteiger charge is 2.16. The second-order valence-electron chi connectivity index (χ2n) is 5.97. The molecule has 27 heavy (non-hydrogen) atoms. The van der Waals surface area contributed by atoms with Crippen molar-refractivity contribution in [2.45, 2.75) is 40.0 Å². The van der Waals surface area contributed by atoms with E-state index in [1.807, 2.05) is 25.1 Å². The molecule has 0 aliphatic rings. The lowest BCUT2D eigenvalue weighted by Crippen LogP contribution is -2.19. The van der Waals surface area contributed by atoms with E-state index in [2.05, 4.69) is 15.4 Å². The topological polar surface area (TPSA) is 59.6 Å². The highest BCUT2D eigenvalue weighted by molar-refractivity contribution is 5.88. The third-order valence-corrected chi connectivity index (χ3v) is 3.87. The van der Waals surface area contributed by atoms with Crippen LogP contribution in [0.15, 0.2) is 42.5 Å². The number of para-hydroxylation sites is 1. The molecule has 0 saturated carbocycles. The average molecular weight is 378 g/mol. The van der Waals surface area contributed by atoms with E-state index in [0.717, 1.165) is 5.56 Å². The molecular formula is C20H24F2N2O3. The van der Waals surface area contributed by atoms with Crippen molar-refractivity contribution in [3.63, 3.8) is 0 Å². The van der Waals surface area contributed by atoms with Crippen LogP contribution in [0.25, 0.3) is 0 Å². The average Bonchev–Trinajstić information content (AvgIpc) is 2.61. The lowest BCUT2D eigenvalue weighted by atomic mass is 10.1. The van der Waals surface area contributed by atoms with Gasteiger partial charge in [0.25, 0.3) is 0 Å². The molecule has 0 heterocycles. The Morgan fingerprint density at radius 1 is 1.19 bits per heavy atom. The molecule has 1 amide bonds. The highest BCUT2D eigenvalue weighted by Crippen LogP contribution is 2.33. The van der Waals surface area contributed by atoms with Crippen molar-refractivity contribution in [2.24, 2.45) is 0 Å².